The smallest absolute Gasteiger partial charge is 0.272 e. The van der Waals surface area contributed by atoms with Gasteiger partial charge in [0.2, 0.25) is 0 Å². The number of anilines is 1. The number of nitro groups is 1. The first kappa shape index (κ1) is 14.8. The first-order valence-corrected chi connectivity index (χ1v) is 7.18. The van der Waals surface area contributed by atoms with E-state index in [1.807, 2.05) is 0 Å². The van der Waals surface area contributed by atoms with Crippen molar-refractivity contribution in [2.45, 2.75) is 45.6 Å². The summed E-state index contributed by atoms with van der Waals surface area (Å²) >= 11 is 0. The number of halogens is 1. The van der Waals surface area contributed by atoms with Crippen LogP contribution in [0, 0.1) is 27.8 Å². The van der Waals surface area contributed by atoms with E-state index in [0.717, 1.165) is 37.7 Å². The third-order valence-corrected chi connectivity index (χ3v) is 4.24. The Bertz CT molecular complexity index is 483. The predicted molar refractivity (Wildman–Crippen MR) is 77.3 cm³/mol. The van der Waals surface area contributed by atoms with Gasteiger partial charge >= 0.3 is 0 Å². The van der Waals surface area contributed by atoms with Crippen molar-refractivity contribution in [1.29, 1.82) is 0 Å². The van der Waals surface area contributed by atoms with Gasteiger partial charge < -0.3 is 5.32 Å². The van der Waals surface area contributed by atoms with Gasteiger partial charge in [0.15, 0.2) is 5.82 Å². The predicted octanol–water partition coefficient (Wildman–Crippen LogP) is 4.36. The summed E-state index contributed by atoms with van der Waals surface area (Å²) in [5.74, 6) is 0.909. The van der Waals surface area contributed by atoms with E-state index in [1.165, 1.54) is 12.1 Å². The van der Waals surface area contributed by atoms with Crippen LogP contribution in [0.5, 0.6) is 0 Å². The summed E-state index contributed by atoms with van der Waals surface area (Å²) in [7, 11) is 0. The molecule has 0 unspecified atom stereocenters. The van der Waals surface area contributed by atoms with Crippen LogP contribution in [0.25, 0.3) is 0 Å². The van der Waals surface area contributed by atoms with Crippen LogP contribution in [0.2, 0.25) is 0 Å². The quantitative estimate of drug-likeness (QED) is 0.658. The lowest BCUT2D eigenvalue weighted by molar-refractivity contribution is -0.385. The Morgan fingerprint density at radius 2 is 1.95 bits per heavy atom. The van der Waals surface area contributed by atoms with Gasteiger partial charge in [-0.15, -0.1) is 0 Å². The molecule has 0 aliphatic heterocycles. The minimum Gasteiger partial charge on any atom is -0.380 e. The molecule has 110 valence electrons. The molecule has 0 heterocycles. The number of hydrogen-bond donors (Lipinski definition) is 1. The molecule has 0 aromatic heterocycles. The van der Waals surface area contributed by atoms with Crippen LogP contribution in [-0.4, -0.2) is 11.0 Å². The highest BCUT2D eigenvalue weighted by atomic mass is 19.1. The fraction of sp³-hybridized carbons (Fsp3) is 0.600. The lowest BCUT2D eigenvalue weighted by atomic mass is 9.79. The van der Waals surface area contributed by atoms with Crippen LogP contribution >= 0.6 is 0 Å². The van der Waals surface area contributed by atoms with Crippen molar-refractivity contribution in [2.75, 3.05) is 5.32 Å². The van der Waals surface area contributed by atoms with E-state index in [1.54, 1.807) is 0 Å². The Hall–Kier alpha value is -1.65. The molecule has 1 fully saturated rings. The Labute approximate surface area is 118 Å². The van der Waals surface area contributed by atoms with Crippen LogP contribution in [0.1, 0.15) is 39.5 Å². The van der Waals surface area contributed by atoms with Crippen molar-refractivity contribution >= 4 is 11.4 Å². The number of nitrogens with zero attached hydrogens (tertiary/aromatic N) is 1. The summed E-state index contributed by atoms with van der Waals surface area (Å²) in [6.45, 7) is 4.49. The van der Waals surface area contributed by atoms with E-state index < -0.39 is 10.7 Å². The number of nitrogens with one attached hydrogen (secondary N) is 1. The average Bonchev–Trinajstić information content (AvgIpc) is 2.41. The highest BCUT2D eigenvalue weighted by Gasteiger charge is 2.23. The van der Waals surface area contributed by atoms with Crippen molar-refractivity contribution in [3.63, 3.8) is 0 Å². The number of hydrogen-bond acceptors (Lipinski definition) is 3. The Balaban J connectivity index is 1.96. The van der Waals surface area contributed by atoms with E-state index in [4.69, 9.17) is 0 Å². The van der Waals surface area contributed by atoms with Gasteiger partial charge in [-0.05, 0) is 43.6 Å². The molecule has 1 aromatic rings. The van der Waals surface area contributed by atoms with E-state index >= 15 is 0 Å². The first-order valence-electron chi connectivity index (χ1n) is 7.18. The molecule has 1 saturated carbocycles. The lowest BCUT2D eigenvalue weighted by Crippen LogP contribution is -2.28. The largest absolute Gasteiger partial charge is 0.380 e. The zero-order chi connectivity index (χ0) is 14.7. The minimum absolute atomic E-state index is 0.212. The van der Waals surface area contributed by atoms with Crippen LogP contribution in [0.4, 0.5) is 15.8 Å². The summed E-state index contributed by atoms with van der Waals surface area (Å²) in [5.41, 5.74) is 0.153. The highest BCUT2D eigenvalue weighted by Crippen LogP contribution is 2.32. The molecule has 0 spiro atoms. The molecule has 5 heteroatoms. The second-order valence-corrected chi connectivity index (χ2v) is 5.92. The Kier molecular flexibility index (Phi) is 4.57. The molecule has 20 heavy (non-hydrogen) atoms. The zero-order valence-corrected chi connectivity index (χ0v) is 11.9. The second-order valence-electron chi connectivity index (χ2n) is 5.92. The Morgan fingerprint density at radius 3 is 2.45 bits per heavy atom. The monoisotopic (exact) mass is 280 g/mol. The van der Waals surface area contributed by atoms with Crippen molar-refractivity contribution in [1.82, 2.24) is 0 Å². The number of non-ortho nitro benzene ring substituents is 1. The van der Waals surface area contributed by atoms with Gasteiger partial charge in [-0.25, -0.2) is 4.39 Å². The van der Waals surface area contributed by atoms with Crippen LogP contribution in [0.15, 0.2) is 18.2 Å². The molecule has 0 amide bonds. The molecule has 2 rings (SSSR count). The molecule has 0 atom stereocenters. The molecule has 1 aliphatic rings. The van der Waals surface area contributed by atoms with Crippen LogP contribution in [0.3, 0.4) is 0 Å². The highest BCUT2D eigenvalue weighted by molar-refractivity contribution is 5.50. The first-order chi connectivity index (χ1) is 9.47. The molecule has 1 aromatic carbocycles. The number of nitro benzene ring substituents is 1. The summed E-state index contributed by atoms with van der Waals surface area (Å²) in [5, 5.41) is 13.7. The molecule has 4 nitrogen and oxygen atoms in total. The summed E-state index contributed by atoms with van der Waals surface area (Å²) in [6.07, 6.45) is 4.37. The van der Waals surface area contributed by atoms with Gasteiger partial charge in [-0.1, -0.05) is 13.8 Å². The molecule has 0 saturated heterocycles. The zero-order valence-electron chi connectivity index (χ0n) is 11.9. The topological polar surface area (TPSA) is 55.2 Å². The van der Waals surface area contributed by atoms with Crippen molar-refractivity contribution in [2.24, 2.45) is 11.8 Å². The SMILES string of the molecule is CC(C)C1CCC(Nc2ccc([N+](=O)[O-])cc2F)CC1. The summed E-state index contributed by atoms with van der Waals surface area (Å²) in [6, 6.07) is 4.04. The van der Waals surface area contributed by atoms with Gasteiger partial charge in [0, 0.05) is 12.1 Å². The van der Waals surface area contributed by atoms with Crippen LogP contribution in [-0.2, 0) is 0 Å². The van der Waals surface area contributed by atoms with E-state index in [0.29, 0.717) is 11.6 Å². The molecule has 1 N–H and O–H groups in total. The maximum atomic E-state index is 13.8. The van der Waals surface area contributed by atoms with E-state index in [-0.39, 0.29) is 11.7 Å². The fourth-order valence-electron chi connectivity index (χ4n) is 2.88. The van der Waals surface area contributed by atoms with Gasteiger partial charge in [0.25, 0.3) is 5.69 Å². The molecule has 0 bridgehead atoms. The lowest BCUT2D eigenvalue weighted by Gasteiger charge is -2.31. The van der Waals surface area contributed by atoms with Crippen LogP contribution < -0.4 is 5.32 Å². The minimum atomic E-state index is -0.583. The van der Waals surface area contributed by atoms with Gasteiger partial charge in [0.1, 0.15) is 0 Å². The van der Waals surface area contributed by atoms with Gasteiger partial charge in [0.05, 0.1) is 16.7 Å². The standard InChI is InChI=1S/C15H21FN2O2/c1-10(2)11-3-5-12(6-4-11)17-15-8-7-13(18(19)20)9-14(15)16/h7-12,17H,3-6H2,1-2H3. The Morgan fingerprint density at radius 1 is 1.30 bits per heavy atom. The fourth-order valence-corrected chi connectivity index (χ4v) is 2.88. The molecular weight excluding hydrogens is 259 g/mol. The molecular formula is C15H21FN2O2. The maximum Gasteiger partial charge on any atom is 0.272 e. The van der Waals surface area contributed by atoms with Crippen molar-refractivity contribution in [3.05, 3.63) is 34.1 Å². The summed E-state index contributed by atoms with van der Waals surface area (Å²) in [4.78, 5) is 9.99. The number of rotatable bonds is 4. The maximum absolute atomic E-state index is 13.8. The third kappa shape index (κ3) is 3.46. The van der Waals surface area contributed by atoms with Crippen molar-refractivity contribution in [3.8, 4) is 0 Å². The van der Waals surface area contributed by atoms with E-state index in [9.17, 15) is 14.5 Å². The summed E-state index contributed by atoms with van der Waals surface area (Å²) < 4.78 is 13.8. The van der Waals surface area contributed by atoms with E-state index in [2.05, 4.69) is 19.2 Å². The number of benzene rings is 1. The normalized spacial score (nSPS) is 22.8. The molecule has 1 aliphatic carbocycles. The third-order valence-electron chi connectivity index (χ3n) is 4.24. The second kappa shape index (κ2) is 6.20. The van der Waals surface area contributed by atoms with Gasteiger partial charge in [-0.2, -0.15) is 0 Å². The molecule has 0 radical (unpaired) electrons. The van der Waals surface area contributed by atoms with Gasteiger partial charge in [-0.3, -0.25) is 10.1 Å². The van der Waals surface area contributed by atoms with Crippen molar-refractivity contribution < 1.29 is 9.31 Å². The average molecular weight is 280 g/mol.